The summed E-state index contributed by atoms with van der Waals surface area (Å²) in [4.78, 5) is 34.5. The van der Waals surface area contributed by atoms with Gasteiger partial charge in [0.1, 0.15) is 0 Å². The van der Waals surface area contributed by atoms with Crippen LogP contribution < -0.4 is 10.6 Å². The summed E-state index contributed by atoms with van der Waals surface area (Å²) in [6, 6.07) is 10.9. The van der Waals surface area contributed by atoms with Gasteiger partial charge < -0.3 is 10.6 Å². The first-order valence-electron chi connectivity index (χ1n) is 7.60. The molecule has 0 unspecified atom stereocenters. The number of nitro benzene ring substituents is 1. The van der Waals surface area contributed by atoms with Gasteiger partial charge in [-0.05, 0) is 65.2 Å². The van der Waals surface area contributed by atoms with E-state index in [-0.39, 0.29) is 23.2 Å². The lowest BCUT2D eigenvalue weighted by Crippen LogP contribution is -2.25. The number of halogens is 1. The molecule has 1 fully saturated rings. The summed E-state index contributed by atoms with van der Waals surface area (Å²) in [5, 5.41) is 16.5. The molecule has 1 aliphatic rings. The Morgan fingerprint density at radius 1 is 1.04 bits per heavy atom. The SMILES string of the molecule is O=C(Nc1ccc(C(=O)NC2CC2)cc1)c1ccc(Br)c([N+](=O)[O-])c1. The van der Waals surface area contributed by atoms with Crippen LogP contribution in [0.4, 0.5) is 11.4 Å². The normalized spacial score (nSPS) is 13.2. The molecular formula is C17H14BrN3O4. The smallest absolute Gasteiger partial charge is 0.284 e. The molecule has 0 heterocycles. The minimum absolute atomic E-state index is 0.135. The fraction of sp³-hybridized carbons (Fsp3) is 0.176. The van der Waals surface area contributed by atoms with Crippen molar-refractivity contribution in [2.45, 2.75) is 18.9 Å². The monoisotopic (exact) mass is 403 g/mol. The molecule has 1 aliphatic carbocycles. The number of anilines is 1. The van der Waals surface area contributed by atoms with Gasteiger partial charge in [-0.3, -0.25) is 19.7 Å². The second-order valence-electron chi connectivity index (χ2n) is 5.70. The quantitative estimate of drug-likeness (QED) is 0.588. The molecule has 2 N–H and O–H groups in total. The van der Waals surface area contributed by atoms with Crippen molar-refractivity contribution in [3.8, 4) is 0 Å². The summed E-state index contributed by atoms with van der Waals surface area (Å²) < 4.78 is 0.306. The highest BCUT2D eigenvalue weighted by molar-refractivity contribution is 9.10. The third kappa shape index (κ3) is 4.21. The molecule has 0 aromatic heterocycles. The van der Waals surface area contributed by atoms with Crippen LogP contribution in [0.2, 0.25) is 0 Å². The molecule has 2 aromatic carbocycles. The molecule has 2 amide bonds. The van der Waals surface area contributed by atoms with Crippen LogP contribution in [-0.4, -0.2) is 22.8 Å². The summed E-state index contributed by atoms with van der Waals surface area (Å²) in [5.41, 5.74) is 1.01. The number of nitrogens with one attached hydrogen (secondary N) is 2. The van der Waals surface area contributed by atoms with Crippen LogP contribution in [0.25, 0.3) is 0 Å². The Hall–Kier alpha value is -2.74. The maximum Gasteiger partial charge on any atom is 0.284 e. The first-order chi connectivity index (χ1) is 11.9. The number of carbonyl (C=O) groups excluding carboxylic acids is 2. The van der Waals surface area contributed by atoms with Gasteiger partial charge in [0, 0.05) is 28.9 Å². The van der Waals surface area contributed by atoms with Crippen LogP contribution >= 0.6 is 15.9 Å². The number of hydrogen-bond acceptors (Lipinski definition) is 4. The topological polar surface area (TPSA) is 101 Å². The molecule has 0 saturated heterocycles. The van der Waals surface area contributed by atoms with Gasteiger partial charge in [-0.15, -0.1) is 0 Å². The average Bonchev–Trinajstić information content (AvgIpc) is 3.39. The lowest BCUT2D eigenvalue weighted by molar-refractivity contribution is -0.385. The zero-order valence-corrected chi connectivity index (χ0v) is 14.6. The molecule has 25 heavy (non-hydrogen) atoms. The van der Waals surface area contributed by atoms with Gasteiger partial charge in [0.15, 0.2) is 0 Å². The molecular weight excluding hydrogens is 390 g/mol. The summed E-state index contributed by atoms with van der Waals surface area (Å²) >= 11 is 3.08. The Morgan fingerprint density at radius 3 is 2.28 bits per heavy atom. The van der Waals surface area contributed by atoms with Crippen molar-refractivity contribution in [1.29, 1.82) is 0 Å². The molecule has 128 valence electrons. The van der Waals surface area contributed by atoms with Crippen LogP contribution in [0.1, 0.15) is 33.6 Å². The van der Waals surface area contributed by atoms with E-state index in [1.807, 2.05) is 0 Å². The molecule has 0 radical (unpaired) electrons. The van der Waals surface area contributed by atoms with E-state index in [0.717, 1.165) is 12.8 Å². The van der Waals surface area contributed by atoms with Gasteiger partial charge in [0.2, 0.25) is 0 Å². The van der Waals surface area contributed by atoms with Gasteiger partial charge >= 0.3 is 0 Å². The van der Waals surface area contributed by atoms with E-state index in [1.165, 1.54) is 18.2 Å². The first kappa shape index (κ1) is 17.1. The van der Waals surface area contributed by atoms with E-state index < -0.39 is 10.8 Å². The van der Waals surface area contributed by atoms with Crippen LogP contribution in [0.15, 0.2) is 46.9 Å². The van der Waals surface area contributed by atoms with Gasteiger partial charge in [-0.1, -0.05) is 0 Å². The van der Waals surface area contributed by atoms with Crippen molar-refractivity contribution < 1.29 is 14.5 Å². The number of nitrogens with zero attached hydrogens (tertiary/aromatic N) is 1. The number of nitro groups is 1. The minimum atomic E-state index is -0.561. The summed E-state index contributed by atoms with van der Waals surface area (Å²) in [5.74, 6) is -0.602. The van der Waals surface area contributed by atoms with E-state index >= 15 is 0 Å². The van der Waals surface area contributed by atoms with Crippen LogP contribution in [-0.2, 0) is 0 Å². The zero-order chi connectivity index (χ0) is 18.0. The molecule has 7 nitrogen and oxygen atoms in total. The number of hydrogen-bond donors (Lipinski definition) is 2. The Kier molecular flexibility index (Phi) is 4.80. The molecule has 0 spiro atoms. The highest BCUT2D eigenvalue weighted by Crippen LogP contribution is 2.26. The Balaban J connectivity index is 1.69. The maximum atomic E-state index is 12.2. The summed E-state index contributed by atoms with van der Waals surface area (Å²) in [7, 11) is 0. The number of benzene rings is 2. The van der Waals surface area contributed by atoms with E-state index in [0.29, 0.717) is 15.7 Å². The molecule has 0 bridgehead atoms. The van der Waals surface area contributed by atoms with Crippen molar-refractivity contribution in [2.24, 2.45) is 0 Å². The van der Waals surface area contributed by atoms with Gasteiger partial charge in [-0.25, -0.2) is 0 Å². The molecule has 0 aliphatic heterocycles. The van der Waals surface area contributed by atoms with E-state index in [9.17, 15) is 19.7 Å². The number of carbonyl (C=O) groups is 2. The third-order valence-corrected chi connectivity index (χ3v) is 4.39. The average molecular weight is 404 g/mol. The zero-order valence-electron chi connectivity index (χ0n) is 13.0. The van der Waals surface area contributed by atoms with Gasteiger partial charge in [0.25, 0.3) is 17.5 Å². The fourth-order valence-electron chi connectivity index (χ4n) is 2.20. The molecule has 8 heteroatoms. The predicted molar refractivity (Wildman–Crippen MR) is 95.7 cm³/mol. The first-order valence-corrected chi connectivity index (χ1v) is 8.39. The number of amides is 2. The van der Waals surface area contributed by atoms with Crippen LogP contribution in [0.5, 0.6) is 0 Å². The van der Waals surface area contributed by atoms with Gasteiger partial charge in [0.05, 0.1) is 9.40 Å². The predicted octanol–water partition coefficient (Wildman–Crippen LogP) is 3.50. The molecule has 2 aromatic rings. The number of rotatable bonds is 5. The van der Waals surface area contributed by atoms with Crippen LogP contribution in [0, 0.1) is 10.1 Å². The van der Waals surface area contributed by atoms with Crippen molar-refractivity contribution in [2.75, 3.05) is 5.32 Å². The fourth-order valence-corrected chi connectivity index (χ4v) is 2.59. The Morgan fingerprint density at radius 2 is 1.68 bits per heavy atom. The highest BCUT2D eigenvalue weighted by atomic mass is 79.9. The van der Waals surface area contributed by atoms with Crippen molar-refractivity contribution in [3.05, 3.63) is 68.2 Å². The second kappa shape index (κ2) is 7.02. The summed E-state index contributed by atoms with van der Waals surface area (Å²) in [6.07, 6.45) is 2.03. The largest absolute Gasteiger partial charge is 0.349 e. The molecule has 1 saturated carbocycles. The second-order valence-corrected chi connectivity index (χ2v) is 6.56. The lowest BCUT2D eigenvalue weighted by atomic mass is 10.1. The lowest BCUT2D eigenvalue weighted by Gasteiger charge is -2.07. The standard InChI is InChI=1S/C17H14BrN3O4/c18-14-8-3-11(9-15(14)21(24)25)17(23)20-12-4-1-10(2-5-12)16(22)19-13-6-7-13/h1-5,8-9,13H,6-7H2,(H,19,22)(H,20,23). The third-order valence-electron chi connectivity index (χ3n) is 3.72. The molecule has 3 rings (SSSR count). The van der Waals surface area contributed by atoms with E-state index in [2.05, 4.69) is 26.6 Å². The Labute approximate surface area is 151 Å². The van der Waals surface area contributed by atoms with Crippen molar-refractivity contribution in [1.82, 2.24) is 5.32 Å². The van der Waals surface area contributed by atoms with E-state index in [4.69, 9.17) is 0 Å². The maximum absolute atomic E-state index is 12.2. The molecule has 0 atom stereocenters. The van der Waals surface area contributed by atoms with Crippen molar-refractivity contribution in [3.63, 3.8) is 0 Å². The Bertz CT molecular complexity index is 847. The minimum Gasteiger partial charge on any atom is -0.349 e. The summed E-state index contributed by atoms with van der Waals surface area (Å²) in [6.45, 7) is 0. The van der Waals surface area contributed by atoms with Gasteiger partial charge in [-0.2, -0.15) is 0 Å². The highest BCUT2D eigenvalue weighted by Gasteiger charge is 2.23. The van der Waals surface area contributed by atoms with Crippen molar-refractivity contribution >= 4 is 39.1 Å². The van der Waals surface area contributed by atoms with Crippen LogP contribution in [0.3, 0.4) is 0 Å². The van der Waals surface area contributed by atoms with E-state index in [1.54, 1.807) is 24.3 Å².